The number of carbonyl (C=O) groups is 8. The van der Waals surface area contributed by atoms with E-state index in [0.29, 0.717) is 98.6 Å². The zero-order valence-electron chi connectivity index (χ0n) is 67.7. The summed E-state index contributed by atoms with van der Waals surface area (Å²) in [6, 6.07) is 0. The van der Waals surface area contributed by atoms with E-state index < -0.39 is 40.8 Å². The first kappa shape index (κ1) is 83.7. The smallest absolute Gasteiger partial charge is 0.347 e. The summed E-state index contributed by atoms with van der Waals surface area (Å²) in [5.74, 6) is 7.17. The van der Waals surface area contributed by atoms with E-state index in [1.54, 1.807) is 20.8 Å². The molecular weight excluding hydrogens is 1320 g/mol. The number of ether oxygens (including phenoxy) is 8. The second-order valence-corrected chi connectivity index (χ2v) is 38.7. The monoisotopic (exact) mass is 1460 g/mol. The van der Waals surface area contributed by atoms with Crippen LogP contribution in [0.2, 0.25) is 0 Å². The molecule has 2 saturated heterocycles. The highest BCUT2D eigenvalue weighted by Gasteiger charge is 2.64. The zero-order chi connectivity index (χ0) is 76.5. The van der Waals surface area contributed by atoms with Crippen molar-refractivity contribution in [3.63, 3.8) is 0 Å². The molecule has 16 saturated carbocycles. The third-order valence-corrected chi connectivity index (χ3v) is 29.2. The van der Waals surface area contributed by atoms with Crippen molar-refractivity contribution in [2.24, 2.45) is 111 Å². The molecule has 104 heavy (non-hydrogen) atoms. The van der Waals surface area contributed by atoms with Gasteiger partial charge in [0.15, 0.2) is 0 Å². The van der Waals surface area contributed by atoms with Crippen molar-refractivity contribution in [2.75, 3.05) is 13.2 Å². The quantitative estimate of drug-likeness (QED) is 0.0849. The van der Waals surface area contributed by atoms with Crippen LogP contribution in [0.15, 0.2) is 0 Å². The van der Waals surface area contributed by atoms with Crippen LogP contribution in [0.4, 0.5) is 0 Å². The molecule has 0 radical (unpaired) electrons. The second-order valence-electron chi connectivity index (χ2n) is 38.7. The Morgan fingerprint density at radius 2 is 0.731 bits per heavy atom. The molecule has 0 amide bonds. The fourth-order valence-electron chi connectivity index (χ4n) is 22.3. The van der Waals surface area contributed by atoms with Crippen LogP contribution in [0.5, 0.6) is 0 Å². The summed E-state index contributed by atoms with van der Waals surface area (Å²) >= 11 is 0. The minimum Gasteiger partial charge on any atom is -0.463 e. The molecule has 2 N–H and O–H groups in total. The van der Waals surface area contributed by atoms with Crippen molar-refractivity contribution >= 4 is 47.8 Å². The second kappa shape index (κ2) is 33.1. The molecule has 18 fully saturated rings. The third-order valence-electron chi connectivity index (χ3n) is 29.2. The van der Waals surface area contributed by atoms with E-state index in [1.165, 1.54) is 77.0 Å². The average molecular weight is 1460 g/mol. The molecule has 18 heteroatoms. The van der Waals surface area contributed by atoms with E-state index in [0.717, 1.165) is 114 Å². The van der Waals surface area contributed by atoms with Crippen LogP contribution in [0.3, 0.4) is 0 Å². The van der Waals surface area contributed by atoms with E-state index >= 15 is 0 Å². The minimum atomic E-state index is -0.687. The van der Waals surface area contributed by atoms with Crippen molar-refractivity contribution in [3.05, 3.63) is 0 Å². The lowest BCUT2D eigenvalue weighted by Gasteiger charge is -2.62. The summed E-state index contributed by atoms with van der Waals surface area (Å²) in [6.07, 6.45) is 30.1. The summed E-state index contributed by atoms with van der Waals surface area (Å²) in [6.45, 7) is 36.8. The Bertz CT molecular complexity index is 2860. The maximum Gasteiger partial charge on any atom is 0.347 e. The number of rotatable bonds is 20. The highest BCUT2D eigenvalue weighted by molar-refractivity contribution is 5.83. The van der Waals surface area contributed by atoms with E-state index in [2.05, 4.69) is 39.4 Å². The van der Waals surface area contributed by atoms with Gasteiger partial charge in [-0.3, -0.25) is 28.8 Å². The summed E-state index contributed by atoms with van der Waals surface area (Å²) in [5, 5.41) is 21.2. The number of aliphatic hydroxyl groups is 2. The molecule has 0 spiro atoms. The van der Waals surface area contributed by atoms with Gasteiger partial charge in [-0.15, -0.1) is 0 Å². The Morgan fingerprint density at radius 3 is 1.04 bits per heavy atom. The van der Waals surface area contributed by atoms with Crippen LogP contribution in [0.25, 0.3) is 0 Å². The topological polar surface area (TPSA) is 251 Å². The van der Waals surface area contributed by atoms with Gasteiger partial charge in [-0.05, 0) is 292 Å². The van der Waals surface area contributed by atoms with Crippen LogP contribution < -0.4 is 0 Å². The highest BCUT2D eigenvalue weighted by Crippen LogP contribution is 2.65. The van der Waals surface area contributed by atoms with E-state index in [4.69, 9.17) is 33.2 Å². The van der Waals surface area contributed by atoms with Crippen LogP contribution in [0, 0.1) is 111 Å². The summed E-state index contributed by atoms with van der Waals surface area (Å²) in [4.78, 5) is 94.3. The molecule has 0 aromatic rings. The van der Waals surface area contributed by atoms with E-state index in [9.17, 15) is 48.6 Å². The van der Waals surface area contributed by atoms with Crippen molar-refractivity contribution in [2.45, 2.75) is 369 Å². The lowest BCUT2D eigenvalue weighted by Crippen LogP contribution is -2.63. The van der Waals surface area contributed by atoms with Gasteiger partial charge >= 0.3 is 47.8 Å². The normalized spacial score (nSPS) is 38.9. The van der Waals surface area contributed by atoms with Crippen molar-refractivity contribution < 1.29 is 86.5 Å². The number of hydrogen-bond donors (Lipinski definition) is 2. The van der Waals surface area contributed by atoms with Gasteiger partial charge in [0.25, 0.3) is 0 Å². The average Bonchev–Trinajstić information content (AvgIpc) is 0.771. The number of cyclic esters (lactones) is 2. The van der Waals surface area contributed by atoms with E-state index in [-0.39, 0.29) is 86.8 Å². The molecule has 2 aliphatic heterocycles. The molecule has 18 aliphatic rings. The van der Waals surface area contributed by atoms with Gasteiger partial charge < -0.3 is 48.1 Å². The molecule has 18 nitrogen and oxygen atoms in total. The van der Waals surface area contributed by atoms with Gasteiger partial charge in [0.05, 0.1) is 58.4 Å². The van der Waals surface area contributed by atoms with Crippen LogP contribution in [-0.2, 0) is 76.3 Å². The first-order chi connectivity index (χ1) is 48.7. The molecule has 9 unspecified atom stereocenters. The SMILES string of the molecule is CCC(C)(C)C(=O)OC1(C(C)C)C2CC3CC(C2)CC1C3.CCC(C)(C)C(=O)OC1(CC)C2CC3CC(C2)CC1C3.CCC(C)(C)C(=O)OC1CCOC1=O.CCC(C)C(=O)OC12CC3CC(CC(O)(C3)C1)C2.CCC(C)C(=O)OC12CC3CC(CC(O)(C3)C1)C2.CCC(C)C(=O)OC1CCOC1=O. The summed E-state index contributed by atoms with van der Waals surface area (Å²) in [5.41, 5.74) is -3.26. The number of hydrogen-bond acceptors (Lipinski definition) is 18. The molecule has 2 heterocycles. The van der Waals surface area contributed by atoms with Gasteiger partial charge in [-0.2, -0.15) is 0 Å². The first-order valence-electron chi connectivity index (χ1n) is 41.8. The Kier molecular flexibility index (Phi) is 26.6. The van der Waals surface area contributed by atoms with Crippen LogP contribution in [-0.4, -0.2) is 117 Å². The first-order valence-corrected chi connectivity index (χ1v) is 41.8. The molecular formula is C86H140O18. The summed E-state index contributed by atoms with van der Waals surface area (Å²) < 4.78 is 43.8. The van der Waals surface area contributed by atoms with E-state index in [1.807, 2.05) is 69.2 Å². The minimum absolute atomic E-state index is 0.0207. The summed E-state index contributed by atoms with van der Waals surface area (Å²) in [7, 11) is 0. The van der Waals surface area contributed by atoms with Gasteiger partial charge in [0, 0.05) is 25.7 Å². The lowest BCUT2D eigenvalue weighted by molar-refractivity contribution is -0.231. The standard InChI is InChI=1S/C19H32O2.C18H30O2.2C15H24O3.C10H16O4.C9H14O4/c1-6-18(4,5)17(20)21-19(12(2)3)15-8-13-7-14(10-15)11-16(19)9-13;1-5-17(3,4)16(19)20-18(6-2)14-8-12-7-13(10-14)11-15(18)9-12;2*1-3-10(2)13(16)18-15-7-11-4-12(8-15)6-14(17,5-11)9-15;1-4-10(2,3)9(12)14-7-5-6-13-8(7)11;1-3-6(2)8(10)13-7-4-5-12-9(7)11/h12-16H,6-11H2,1-5H3;12-15H,5-11H2,1-4H3;2*10-12,17H,3-9H2,1-2H3;7H,4-6H2,1-3H3;6-7H,3-5H2,1-2H3. The molecule has 16 bridgehead atoms. The number of esters is 8. The zero-order valence-corrected chi connectivity index (χ0v) is 67.7. The van der Waals surface area contributed by atoms with Crippen molar-refractivity contribution in [1.82, 2.24) is 0 Å². The largest absolute Gasteiger partial charge is 0.463 e. The molecule has 592 valence electrons. The van der Waals surface area contributed by atoms with Gasteiger partial charge in [0.2, 0.25) is 12.2 Å². The Hall–Kier alpha value is -4.32. The van der Waals surface area contributed by atoms with Crippen LogP contribution in [0.1, 0.15) is 324 Å². The lowest BCUT2D eigenvalue weighted by atomic mass is 9.47. The predicted octanol–water partition coefficient (Wildman–Crippen LogP) is 16.9. The third kappa shape index (κ3) is 18.6. The van der Waals surface area contributed by atoms with Crippen LogP contribution >= 0.6 is 0 Å². The fraction of sp³-hybridized carbons (Fsp3) is 0.907. The molecule has 16 aliphatic carbocycles. The Labute approximate surface area is 624 Å². The Morgan fingerprint density at radius 1 is 0.413 bits per heavy atom. The molecule has 0 aromatic carbocycles. The maximum atomic E-state index is 12.8. The fourth-order valence-corrected chi connectivity index (χ4v) is 22.3. The molecule has 9 atom stereocenters. The van der Waals surface area contributed by atoms with Gasteiger partial charge in [-0.1, -0.05) is 83.1 Å². The van der Waals surface area contributed by atoms with Gasteiger partial charge in [-0.25, -0.2) is 9.59 Å². The van der Waals surface area contributed by atoms with Gasteiger partial charge in [0.1, 0.15) is 22.4 Å². The van der Waals surface area contributed by atoms with Crippen molar-refractivity contribution in [3.8, 4) is 0 Å². The molecule has 18 rings (SSSR count). The van der Waals surface area contributed by atoms with Crippen molar-refractivity contribution in [1.29, 1.82) is 0 Å². The highest BCUT2D eigenvalue weighted by atomic mass is 16.6. The molecule has 0 aromatic heterocycles. The maximum absolute atomic E-state index is 12.8. The predicted molar refractivity (Wildman–Crippen MR) is 395 cm³/mol. The number of carbonyl (C=O) groups excluding carboxylic acids is 8. The Balaban J connectivity index is 0.000000146.